The molecule has 1 heterocycles. The van der Waals surface area contributed by atoms with Crippen molar-refractivity contribution in [1.29, 1.82) is 0 Å². The Morgan fingerprint density at radius 3 is 2.26 bits per heavy atom. The normalized spacial score (nSPS) is 31.0. The van der Waals surface area contributed by atoms with Crippen LogP contribution in [0, 0.1) is 5.92 Å². The van der Waals surface area contributed by atoms with Crippen molar-refractivity contribution >= 4 is 10.2 Å². The second-order valence-corrected chi connectivity index (χ2v) is 7.70. The zero-order chi connectivity index (χ0) is 13.7. The van der Waals surface area contributed by atoms with E-state index in [2.05, 4.69) is 11.6 Å². The number of nitrogens with one attached hydrogen (secondary N) is 1. The highest BCUT2D eigenvalue weighted by atomic mass is 32.2. The third-order valence-corrected chi connectivity index (χ3v) is 6.28. The number of rotatable bonds is 4. The highest BCUT2D eigenvalue weighted by molar-refractivity contribution is 7.87. The molecule has 0 aromatic carbocycles. The largest absolute Gasteiger partial charge is 0.279 e. The van der Waals surface area contributed by atoms with Gasteiger partial charge in [0, 0.05) is 19.1 Å². The lowest BCUT2D eigenvalue weighted by Gasteiger charge is -2.33. The zero-order valence-electron chi connectivity index (χ0n) is 12.1. The van der Waals surface area contributed by atoms with Gasteiger partial charge in [-0.1, -0.05) is 39.0 Å². The minimum Gasteiger partial charge on any atom is -0.199 e. The minimum atomic E-state index is -3.27. The molecule has 2 aliphatic rings. The minimum absolute atomic E-state index is 0.159. The fourth-order valence-electron chi connectivity index (χ4n) is 3.40. The van der Waals surface area contributed by atoms with E-state index < -0.39 is 10.2 Å². The maximum atomic E-state index is 12.5. The van der Waals surface area contributed by atoms with Crippen LogP contribution in [0.3, 0.4) is 0 Å². The Morgan fingerprint density at radius 2 is 1.63 bits per heavy atom. The van der Waals surface area contributed by atoms with Crippen molar-refractivity contribution in [2.75, 3.05) is 13.1 Å². The Kier molecular flexibility index (Phi) is 5.66. The molecule has 0 spiro atoms. The Balaban J connectivity index is 1.98. The van der Waals surface area contributed by atoms with Crippen LogP contribution in [0.4, 0.5) is 0 Å². The molecule has 4 nitrogen and oxygen atoms in total. The first-order valence-electron chi connectivity index (χ1n) is 7.91. The van der Waals surface area contributed by atoms with Gasteiger partial charge in [-0.15, -0.1) is 0 Å². The summed E-state index contributed by atoms with van der Waals surface area (Å²) in [5.74, 6) is 0.524. The van der Waals surface area contributed by atoms with E-state index in [1.165, 1.54) is 12.8 Å². The van der Waals surface area contributed by atoms with Crippen molar-refractivity contribution in [2.24, 2.45) is 5.92 Å². The Hall–Kier alpha value is -0.130. The third kappa shape index (κ3) is 4.17. The second kappa shape index (κ2) is 7.04. The first-order chi connectivity index (χ1) is 9.13. The first-order valence-corrected chi connectivity index (χ1v) is 9.35. The van der Waals surface area contributed by atoms with Crippen molar-refractivity contribution in [2.45, 2.75) is 70.8 Å². The molecule has 0 bridgehead atoms. The third-order valence-electron chi connectivity index (χ3n) is 4.64. The smallest absolute Gasteiger partial charge is 0.199 e. The summed E-state index contributed by atoms with van der Waals surface area (Å²) < 4.78 is 29.6. The van der Waals surface area contributed by atoms with Gasteiger partial charge >= 0.3 is 0 Å². The van der Waals surface area contributed by atoms with Crippen molar-refractivity contribution < 1.29 is 8.42 Å². The number of nitrogens with zero attached hydrogens (tertiary/aromatic N) is 1. The van der Waals surface area contributed by atoms with Crippen LogP contribution >= 0.6 is 0 Å². The van der Waals surface area contributed by atoms with Gasteiger partial charge in [-0.25, -0.2) is 0 Å². The molecule has 0 radical (unpaired) electrons. The Labute approximate surface area is 118 Å². The van der Waals surface area contributed by atoms with Crippen molar-refractivity contribution in [3.05, 3.63) is 0 Å². The molecule has 1 aliphatic heterocycles. The molecule has 1 saturated carbocycles. The molecule has 5 heteroatoms. The molecule has 19 heavy (non-hydrogen) atoms. The molecule has 112 valence electrons. The van der Waals surface area contributed by atoms with E-state index in [0.29, 0.717) is 19.0 Å². The summed E-state index contributed by atoms with van der Waals surface area (Å²) in [5.41, 5.74) is 0. The van der Waals surface area contributed by atoms with E-state index in [9.17, 15) is 8.42 Å². The second-order valence-electron chi connectivity index (χ2n) is 6.00. The molecule has 2 fully saturated rings. The average molecular weight is 288 g/mol. The van der Waals surface area contributed by atoms with E-state index in [4.69, 9.17) is 0 Å². The molecule has 2 atom stereocenters. The fourth-order valence-corrected chi connectivity index (χ4v) is 4.98. The van der Waals surface area contributed by atoms with E-state index in [1.54, 1.807) is 4.31 Å². The predicted octanol–water partition coefficient (Wildman–Crippen LogP) is 2.67. The molecular formula is C14H28N2O2S. The summed E-state index contributed by atoms with van der Waals surface area (Å²) in [5, 5.41) is 0. The molecule has 1 aliphatic carbocycles. The van der Waals surface area contributed by atoms with Crippen LogP contribution in [0.5, 0.6) is 0 Å². The lowest BCUT2D eigenvalue weighted by atomic mass is 9.83. The molecule has 0 aromatic heterocycles. The van der Waals surface area contributed by atoms with E-state index in [1.807, 2.05) is 0 Å². The molecule has 2 rings (SSSR count). The monoisotopic (exact) mass is 288 g/mol. The van der Waals surface area contributed by atoms with Gasteiger partial charge in [-0.2, -0.15) is 17.4 Å². The van der Waals surface area contributed by atoms with Crippen LogP contribution in [0.25, 0.3) is 0 Å². The fraction of sp³-hybridized carbons (Fsp3) is 1.00. The van der Waals surface area contributed by atoms with Crippen LogP contribution < -0.4 is 4.72 Å². The lowest BCUT2D eigenvalue weighted by Crippen LogP contribution is -2.49. The summed E-state index contributed by atoms with van der Waals surface area (Å²) >= 11 is 0. The topological polar surface area (TPSA) is 49.4 Å². The van der Waals surface area contributed by atoms with Crippen LogP contribution in [0.1, 0.15) is 64.7 Å². The molecule has 0 unspecified atom stereocenters. The van der Waals surface area contributed by atoms with Gasteiger partial charge < -0.3 is 0 Å². The van der Waals surface area contributed by atoms with Crippen molar-refractivity contribution in [3.63, 3.8) is 0 Å². The van der Waals surface area contributed by atoms with Crippen LogP contribution in [-0.2, 0) is 10.2 Å². The van der Waals surface area contributed by atoms with Gasteiger partial charge in [0.25, 0.3) is 10.2 Å². The standard InChI is InChI=1S/C14H28N2O2S/c1-2-13-9-5-6-10-14(13)15-19(17,18)16-11-7-3-4-8-12-16/h13-15H,2-12H2,1H3/t13-,14+/m1/s1. The maximum Gasteiger partial charge on any atom is 0.279 e. The molecule has 1 saturated heterocycles. The molecular weight excluding hydrogens is 260 g/mol. The van der Waals surface area contributed by atoms with Gasteiger partial charge in [0.2, 0.25) is 0 Å². The zero-order valence-corrected chi connectivity index (χ0v) is 12.9. The van der Waals surface area contributed by atoms with Crippen molar-refractivity contribution in [3.8, 4) is 0 Å². The molecule has 0 aromatic rings. The highest BCUT2D eigenvalue weighted by Crippen LogP contribution is 2.27. The maximum absolute atomic E-state index is 12.5. The van der Waals surface area contributed by atoms with Crippen LogP contribution in [0.2, 0.25) is 0 Å². The van der Waals surface area contributed by atoms with E-state index >= 15 is 0 Å². The highest BCUT2D eigenvalue weighted by Gasteiger charge is 2.30. The molecule has 0 amide bonds. The Morgan fingerprint density at radius 1 is 1.00 bits per heavy atom. The van der Waals surface area contributed by atoms with Crippen molar-refractivity contribution in [1.82, 2.24) is 9.03 Å². The van der Waals surface area contributed by atoms with E-state index in [0.717, 1.165) is 44.9 Å². The summed E-state index contributed by atoms with van der Waals surface area (Å²) in [4.78, 5) is 0. The summed E-state index contributed by atoms with van der Waals surface area (Å²) in [6.07, 6.45) is 9.98. The summed E-state index contributed by atoms with van der Waals surface area (Å²) in [6.45, 7) is 3.56. The SMILES string of the molecule is CC[C@@H]1CCCC[C@@H]1NS(=O)(=O)N1CCCCCC1. The quantitative estimate of drug-likeness (QED) is 0.864. The first kappa shape index (κ1) is 15.3. The van der Waals surface area contributed by atoms with Gasteiger partial charge in [0.05, 0.1) is 0 Å². The van der Waals surface area contributed by atoms with Gasteiger partial charge in [-0.3, -0.25) is 0 Å². The van der Waals surface area contributed by atoms with Crippen LogP contribution in [0.15, 0.2) is 0 Å². The predicted molar refractivity (Wildman–Crippen MR) is 78.1 cm³/mol. The summed E-state index contributed by atoms with van der Waals surface area (Å²) in [6, 6.07) is 0.159. The number of hydrogen-bond acceptors (Lipinski definition) is 2. The number of hydrogen-bond donors (Lipinski definition) is 1. The Bertz CT molecular complexity index is 362. The van der Waals surface area contributed by atoms with E-state index in [-0.39, 0.29) is 6.04 Å². The van der Waals surface area contributed by atoms with Gasteiger partial charge in [-0.05, 0) is 31.6 Å². The van der Waals surface area contributed by atoms with Gasteiger partial charge in [0.15, 0.2) is 0 Å². The molecule has 1 N–H and O–H groups in total. The average Bonchev–Trinajstić information content (AvgIpc) is 2.68. The van der Waals surface area contributed by atoms with Crippen LogP contribution in [-0.4, -0.2) is 31.9 Å². The lowest BCUT2D eigenvalue weighted by molar-refractivity contribution is 0.276. The summed E-state index contributed by atoms with van der Waals surface area (Å²) in [7, 11) is -3.27. The van der Waals surface area contributed by atoms with Gasteiger partial charge in [0.1, 0.15) is 0 Å².